The molecule has 2 aromatic carbocycles. The number of benzene rings is 2. The summed E-state index contributed by atoms with van der Waals surface area (Å²) in [5, 5.41) is 2.99. The third kappa shape index (κ3) is 4.58. The van der Waals surface area contributed by atoms with Crippen molar-refractivity contribution in [1.29, 1.82) is 0 Å². The zero-order valence-corrected chi connectivity index (χ0v) is 17.4. The van der Waals surface area contributed by atoms with Crippen molar-refractivity contribution in [2.75, 3.05) is 11.4 Å². The molecular formula is C23H26N2O3S. The van der Waals surface area contributed by atoms with Gasteiger partial charge in [0, 0.05) is 22.4 Å². The Hall–Kier alpha value is -2.47. The van der Waals surface area contributed by atoms with E-state index in [9.17, 15) is 9.59 Å². The molecule has 1 heterocycles. The molecule has 152 valence electrons. The SMILES string of the molecule is CC(OC(=O)CCN1c2ccccc2Sc2ccccc21)C(=O)NC1CCCC1. The van der Waals surface area contributed by atoms with E-state index >= 15 is 0 Å². The minimum atomic E-state index is -0.764. The summed E-state index contributed by atoms with van der Waals surface area (Å²) in [7, 11) is 0. The Morgan fingerprint density at radius 3 is 2.28 bits per heavy atom. The number of para-hydroxylation sites is 2. The van der Waals surface area contributed by atoms with Crippen LogP contribution in [-0.4, -0.2) is 30.6 Å². The first kappa shape index (κ1) is 19.8. The molecule has 2 aromatic rings. The van der Waals surface area contributed by atoms with E-state index < -0.39 is 6.10 Å². The van der Waals surface area contributed by atoms with Gasteiger partial charge >= 0.3 is 5.97 Å². The number of nitrogens with zero attached hydrogens (tertiary/aromatic N) is 1. The highest BCUT2D eigenvalue weighted by molar-refractivity contribution is 7.99. The number of hydrogen-bond acceptors (Lipinski definition) is 5. The van der Waals surface area contributed by atoms with Crippen molar-refractivity contribution >= 4 is 35.0 Å². The van der Waals surface area contributed by atoms with E-state index in [-0.39, 0.29) is 24.3 Å². The molecule has 1 aliphatic carbocycles. The van der Waals surface area contributed by atoms with Crippen molar-refractivity contribution in [3.63, 3.8) is 0 Å². The van der Waals surface area contributed by atoms with Gasteiger partial charge in [-0.1, -0.05) is 48.9 Å². The average molecular weight is 411 g/mol. The molecule has 1 aliphatic heterocycles. The van der Waals surface area contributed by atoms with Gasteiger partial charge in [-0.3, -0.25) is 9.59 Å². The van der Waals surface area contributed by atoms with Crippen LogP contribution in [0.5, 0.6) is 0 Å². The Balaban J connectivity index is 1.37. The maximum absolute atomic E-state index is 12.4. The molecule has 4 rings (SSSR count). The zero-order chi connectivity index (χ0) is 20.2. The monoisotopic (exact) mass is 410 g/mol. The molecule has 0 saturated heterocycles. The number of fused-ring (bicyclic) bond motifs is 2. The number of amides is 1. The molecule has 2 aliphatic rings. The average Bonchev–Trinajstić information content (AvgIpc) is 3.24. The predicted octanol–water partition coefficient (Wildman–Crippen LogP) is 4.67. The molecule has 0 spiro atoms. The van der Waals surface area contributed by atoms with Crippen molar-refractivity contribution in [3.8, 4) is 0 Å². The minimum absolute atomic E-state index is 0.199. The number of carbonyl (C=O) groups excluding carboxylic acids is 2. The number of ether oxygens (including phenoxy) is 1. The lowest BCUT2D eigenvalue weighted by atomic mass is 10.2. The van der Waals surface area contributed by atoms with Crippen LogP contribution < -0.4 is 10.2 Å². The second-order valence-electron chi connectivity index (χ2n) is 7.56. The molecule has 1 N–H and O–H groups in total. The molecule has 1 fully saturated rings. The standard InChI is InChI=1S/C23H26N2O3S/c1-16(23(27)24-17-8-2-3-9-17)28-22(26)14-15-25-18-10-4-6-12-20(18)29-21-13-7-5-11-19(21)25/h4-7,10-13,16-17H,2-3,8-9,14-15H2,1H3,(H,24,27). The summed E-state index contributed by atoms with van der Waals surface area (Å²) in [5.41, 5.74) is 2.19. The number of carbonyl (C=O) groups is 2. The van der Waals surface area contributed by atoms with E-state index in [4.69, 9.17) is 4.74 Å². The Bertz CT molecular complexity index is 850. The Kier molecular flexibility index (Phi) is 6.09. The highest BCUT2D eigenvalue weighted by Gasteiger charge is 2.25. The number of esters is 1. The second-order valence-corrected chi connectivity index (χ2v) is 8.64. The fourth-order valence-electron chi connectivity index (χ4n) is 3.92. The number of rotatable bonds is 6. The lowest BCUT2D eigenvalue weighted by molar-refractivity contribution is -0.154. The van der Waals surface area contributed by atoms with Crippen LogP contribution in [0.2, 0.25) is 0 Å². The fourth-order valence-corrected chi connectivity index (χ4v) is 5.02. The second kappa shape index (κ2) is 8.91. The predicted molar refractivity (Wildman–Crippen MR) is 115 cm³/mol. The molecule has 0 aromatic heterocycles. The summed E-state index contributed by atoms with van der Waals surface area (Å²) in [6.45, 7) is 2.15. The largest absolute Gasteiger partial charge is 0.452 e. The van der Waals surface area contributed by atoms with E-state index in [2.05, 4.69) is 34.5 Å². The summed E-state index contributed by atoms with van der Waals surface area (Å²) in [6.07, 6.45) is 3.77. The van der Waals surface area contributed by atoms with Crippen LogP contribution in [0.15, 0.2) is 58.3 Å². The van der Waals surface area contributed by atoms with Gasteiger partial charge in [-0.2, -0.15) is 0 Å². The lowest BCUT2D eigenvalue weighted by Gasteiger charge is -2.32. The first-order valence-electron chi connectivity index (χ1n) is 10.2. The van der Waals surface area contributed by atoms with Gasteiger partial charge in [0.15, 0.2) is 6.10 Å². The minimum Gasteiger partial charge on any atom is -0.452 e. The number of nitrogens with one attached hydrogen (secondary N) is 1. The smallest absolute Gasteiger partial charge is 0.308 e. The highest BCUT2D eigenvalue weighted by atomic mass is 32.2. The quantitative estimate of drug-likeness (QED) is 0.702. The van der Waals surface area contributed by atoms with Gasteiger partial charge in [0.05, 0.1) is 17.8 Å². The van der Waals surface area contributed by atoms with Crippen LogP contribution in [0, 0.1) is 0 Å². The summed E-state index contributed by atoms with van der Waals surface area (Å²) in [4.78, 5) is 29.2. The van der Waals surface area contributed by atoms with E-state index in [1.165, 1.54) is 9.79 Å². The number of anilines is 2. The Labute approximate surface area is 175 Å². The van der Waals surface area contributed by atoms with E-state index in [1.807, 2.05) is 24.3 Å². The lowest BCUT2D eigenvalue weighted by Crippen LogP contribution is -2.41. The molecular weight excluding hydrogens is 384 g/mol. The fraction of sp³-hybridized carbons (Fsp3) is 0.391. The van der Waals surface area contributed by atoms with Crippen LogP contribution in [-0.2, 0) is 14.3 Å². The Morgan fingerprint density at radius 1 is 1.07 bits per heavy atom. The molecule has 1 unspecified atom stereocenters. The van der Waals surface area contributed by atoms with Gasteiger partial charge in [-0.25, -0.2) is 0 Å². The van der Waals surface area contributed by atoms with E-state index in [0.717, 1.165) is 37.1 Å². The van der Waals surface area contributed by atoms with Crippen LogP contribution in [0.3, 0.4) is 0 Å². The highest BCUT2D eigenvalue weighted by Crippen LogP contribution is 2.47. The third-order valence-electron chi connectivity index (χ3n) is 5.45. The summed E-state index contributed by atoms with van der Waals surface area (Å²) in [5.74, 6) is -0.553. The van der Waals surface area contributed by atoms with Crippen molar-refractivity contribution in [2.45, 2.75) is 61.0 Å². The Morgan fingerprint density at radius 2 is 1.66 bits per heavy atom. The summed E-state index contributed by atoms with van der Waals surface area (Å²) < 4.78 is 5.41. The van der Waals surface area contributed by atoms with Gasteiger partial charge in [0.1, 0.15) is 0 Å². The molecule has 0 bridgehead atoms. The summed E-state index contributed by atoms with van der Waals surface area (Å²) in [6, 6.07) is 16.6. The molecule has 5 nitrogen and oxygen atoms in total. The van der Waals surface area contributed by atoms with Gasteiger partial charge in [0.25, 0.3) is 5.91 Å². The van der Waals surface area contributed by atoms with Crippen molar-refractivity contribution in [3.05, 3.63) is 48.5 Å². The van der Waals surface area contributed by atoms with Crippen molar-refractivity contribution in [2.24, 2.45) is 0 Å². The molecule has 0 radical (unpaired) electrons. The number of hydrogen-bond donors (Lipinski definition) is 1. The van der Waals surface area contributed by atoms with E-state index in [0.29, 0.717) is 6.54 Å². The van der Waals surface area contributed by atoms with Gasteiger partial charge < -0.3 is 15.0 Å². The van der Waals surface area contributed by atoms with Gasteiger partial charge in [-0.15, -0.1) is 0 Å². The van der Waals surface area contributed by atoms with Crippen LogP contribution >= 0.6 is 11.8 Å². The zero-order valence-electron chi connectivity index (χ0n) is 16.6. The van der Waals surface area contributed by atoms with Crippen LogP contribution in [0.25, 0.3) is 0 Å². The topological polar surface area (TPSA) is 58.6 Å². The van der Waals surface area contributed by atoms with Crippen molar-refractivity contribution in [1.82, 2.24) is 5.32 Å². The molecule has 1 amide bonds. The first-order valence-corrected chi connectivity index (χ1v) is 11.1. The molecule has 1 saturated carbocycles. The third-order valence-corrected chi connectivity index (χ3v) is 6.58. The molecule has 1 atom stereocenters. The van der Waals surface area contributed by atoms with Gasteiger partial charge in [-0.05, 0) is 44.0 Å². The van der Waals surface area contributed by atoms with E-state index in [1.54, 1.807) is 18.7 Å². The van der Waals surface area contributed by atoms with Crippen LogP contribution in [0.4, 0.5) is 11.4 Å². The first-order chi connectivity index (χ1) is 14.1. The molecule has 6 heteroatoms. The maximum atomic E-state index is 12.4. The molecule has 29 heavy (non-hydrogen) atoms. The van der Waals surface area contributed by atoms with Gasteiger partial charge in [0.2, 0.25) is 0 Å². The van der Waals surface area contributed by atoms with Crippen molar-refractivity contribution < 1.29 is 14.3 Å². The van der Waals surface area contributed by atoms with Crippen LogP contribution in [0.1, 0.15) is 39.0 Å². The normalized spacial score (nSPS) is 16.7. The maximum Gasteiger partial charge on any atom is 0.308 e. The summed E-state index contributed by atoms with van der Waals surface area (Å²) >= 11 is 1.74.